The lowest BCUT2D eigenvalue weighted by molar-refractivity contribution is -0.151. The zero-order valence-electron chi connectivity index (χ0n) is 16.2. The summed E-state index contributed by atoms with van der Waals surface area (Å²) in [6, 6.07) is 0. The molecule has 0 aromatic rings. The predicted molar refractivity (Wildman–Crippen MR) is 101 cm³/mol. The second-order valence-corrected chi connectivity index (χ2v) is 6.97. The molecule has 0 heterocycles. The van der Waals surface area contributed by atoms with E-state index in [-0.39, 0.29) is 5.78 Å². The van der Waals surface area contributed by atoms with Crippen molar-refractivity contribution in [3.63, 3.8) is 0 Å². The fourth-order valence-electron chi connectivity index (χ4n) is 3.05. The van der Waals surface area contributed by atoms with Gasteiger partial charge in [-0.3, -0.25) is 4.79 Å². The van der Waals surface area contributed by atoms with Crippen molar-refractivity contribution in [2.45, 2.75) is 116 Å². The Balaban J connectivity index is 3.10. The average Bonchev–Trinajstić information content (AvgIpc) is 2.60. The Morgan fingerprint density at radius 3 is 1.25 bits per heavy atom. The van der Waals surface area contributed by atoms with Crippen LogP contribution < -0.4 is 0 Å². The molecule has 0 spiro atoms. The highest BCUT2D eigenvalue weighted by Crippen LogP contribution is 2.14. The summed E-state index contributed by atoms with van der Waals surface area (Å²) < 4.78 is 4.40. The highest BCUT2D eigenvalue weighted by atomic mass is 16.5. The molecule has 24 heavy (non-hydrogen) atoms. The molecule has 0 N–H and O–H groups in total. The molecule has 0 saturated heterocycles. The van der Waals surface area contributed by atoms with Crippen LogP contribution in [-0.2, 0) is 14.3 Å². The molecule has 0 aliphatic carbocycles. The number of carbonyl (C=O) groups excluding carboxylic acids is 2. The molecule has 0 atom stereocenters. The Morgan fingerprint density at radius 2 is 0.917 bits per heavy atom. The van der Waals surface area contributed by atoms with Crippen LogP contribution in [0.15, 0.2) is 0 Å². The normalized spacial score (nSPS) is 10.8. The Kier molecular flexibility index (Phi) is 17.8. The third-order valence-corrected chi connectivity index (χ3v) is 4.67. The van der Waals surface area contributed by atoms with E-state index in [4.69, 9.17) is 0 Å². The second kappa shape index (κ2) is 18.5. The summed E-state index contributed by atoms with van der Waals surface area (Å²) in [5.74, 6) is -1.08. The summed E-state index contributed by atoms with van der Waals surface area (Å²) in [7, 11) is 1.26. The molecule has 3 nitrogen and oxygen atoms in total. The summed E-state index contributed by atoms with van der Waals surface area (Å²) in [6.45, 7) is 2.27. The number of unbranched alkanes of at least 4 members (excludes halogenated alkanes) is 15. The lowest BCUT2D eigenvalue weighted by Gasteiger charge is -2.03. The number of Topliss-reactive ketones (excluding diaryl/α,β-unsaturated/α-hetero) is 1. The summed E-state index contributed by atoms with van der Waals surface area (Å²) >= 11 is 0. The van der Waals surface area contributed by atoms with Crippen molar-refractivity contribution < 1.29 is 14.3 Å². The van der Waals surface area contributed by atoms with Crippen molar-refractivity contribution in [3.8, 4) is 0 Å². The minimum absolute atomic E-state index is 0.338. The van der Waals surface area contributed by atoms with E-state index in [1.54, 1.807) is 0 Å². The van der Waals surface area contributed by atoms with Gasteiger partial charge in [0.05, 0.1) is 7.11 Å². The van der Waals surface area contributed by atoms with E-state index in [0.717, 1.165) is 12.8 Å². The highest BCUT2D eigenvalue weighted by Gasteiger charge is 2.12. The minimum atomic E-state index is -0.698. The minimum Gasteiger partial charge on any atom is -0.463 e. The second-order valence-electron chi connectivity index (χ2n) is 6.97. The van der Waals surface area contributed by atoms with E-state index in [2.05, 4.69) is 11.7 Å². The standard InChI is InChI=1S/C21H40O3/c1-3-4-5-6-7-8-9-10-11-12-13-14-15-16-17-18-19-20(22)21(23)24-2/h3-19H2,1-2H3. The number of hydrogen-bond donors (Lipinski definition) is 0. The fraction of sp³-hybridized carbons (Fsp3) is 0.905. The summed E-state index contributed by atoms with van der Waals surface area (Å²) in [5.41, 5.74) is 0. The van der Waals surface area contributed by atoms with E-state index in [0.29, 0.717) is 6.42 Å². The first-order valence-corrected chi connectivity index (χ1v) is 10.3. The number of carbonyl (C=O) groups is 2. The van der Waals surface area contributed by atoms with Gasteiger partial charge in [0.15, 0.2) is 0 Å². The van der Waals surface area contributed by atoms with Gasteiger partial charge >= 0.3 is 5.97 Å². The lowest BCUT2D eigenvalue weighted by atomic mass is 10.0. The topological polar surface area (TPSA) is 43.4 Å². The molecule has 0 rings (SSSR count). The van der Waals surface area contributed by atoms with Crippen LogP contribution in [0, 0.1) is 0 Å². The quantitative estimate of drug-likeness (QED) is 0.165. The average molecular weight is 341 g/mol. The van der Waals surface area contributed by atoms with Crippen LogP contribution in [0.25, 0.3) is 0 Å². The number of ketones is 1. The maximum Gasteiger partial charge on any atom is 0.374 e. The Hall–Kier alpha value is -0.860. The van der Waals surface area contributed by atoms with E-state index < -0.39 is 5.97 Å². The van der Waals surface area contributed by atoms with Gasteiger partial charge in [0.1, 0.15) is 0 Å². The largest absolute Gasteiger partial charge is 0.463 e. The highest BCUT2D eigenvalue weighted by molar-refractivity contribution is 6.33. The van der Waals surface area contributed by atoms with Crippen molar-refractivity contribution in [1.29, 1.82) is 0 Å². The number of methoxy groups -OCH3 is 1. The Morgan fingerprint density at radius 1 is 0.583 bits per heavy atom. The maximum absolute atomic E-state index is 11.2. The first-order valence-electron chi connectivity index (χ1n) is 10.3. The molecule has 0 aromatic carbocycles. The van der Waals surface area contributed by atoms with Crippen LogP contribution in [0.4, 0.5) is 0 Å². The van der Waals surface area contributed by atoms with Crippen molar-refractivity contribution in [2.75, 3.05) is 7.11 Å². The number of esters is 1. The van der Waals surface area contributed by atoms with Gasteiger partial charge in [-0.05, 0) is 6.42 Å². The van der Waals surface area contributed by atoms with Gasteiger partial charge in [0.25, 0.3) is 0 Å². The van der Waals surface area contributed by atoms with Crippen molar-refractivity contribution in [1.82, 2.24) is 0 Å². The fourth-order valence-corrected chi connectivity index (χ4v) is 3.05. The number of ether oxygens (including phenoxy) is 1. The molecular formula is C21H40O3. The van der Waals surface area contributed by atoms with Crippen LogP contribution in [0.1, 0.15) is 116 Å². The van der Waals surface area contributed by atoms with Gasteiger partial charge < -0.3 is 4.74 Å². The van der Waals surface area contributed by atoms with Crippen LogP contribution in [-0.4, -0.2) is 18.9 Å². The third-order valence-electron chi connectivity index (χ3n) is 4.67. The Labute approximate surface area is 149 Å². The van der Waals surface area contributed by atoms with Crippen LogP contribution in [0.2, 0.25) is 0 Å². The molecule has 142 valence electrons. The Bertz CT molecular complexity index is 299. The first-order chi connectivity index (χ1) is 11.7. The third kappa shape index (κ3) is 16.0. The predicted octanol–water partition coefficient (Wildman–Crippen LogP) is 6.38. The monoisotopic (exact) mass is 340 g/mol. The number of hydrogen-bond acceptors (Lipinski definition) is 3. The maximum atomic E-state index is 11.2. The summed E-state index contributed by atoms with van der Waals surface area (Å²) in [5, 5.41) is 0. The van der Waals surface area contributed by atoms with Gasteiger partial charge in [0.2, 0.25) is 5.78 Å². The molecule has 0 radical (unpaired) electrons. The zero-order valence-corrected chi connectivity index (χ0v) is 16.2. The smallest absolute Gasteiger partial charge is 0.374 e. The van der Waals surface area contributed by atoms with Gasteiger partial charge in [-0.15, -0.1) is 0 Å². The molecule has 0 fully saturated rings. The molecule has 0 saturated carbocycles. The molecule has 0 unspecified atom stereocenters. The van der Waals surface area contributed by atoms with E-state index in [9.17, 15) is 9.59 Å². The molecule has 0 bridgehead atoms. The van der Waals surface area contributed by atoms with Crippen LogP contribution in [0.3, 0.4) is 0 Å². The van der Waals surface area contributed by atoms with Gasteiger partial charge in [-0.1, -0.05) is 103 Å². The molecule has 0 aliphatic heterocycles. The van der Waals surface area contributed by atoms with Crippen molar-refractivity contribution in [3.05, 3.63) is 0 Å². The summed E-state index contributed by atoms with van der Waals surface area (Å²) in [6.07, 6.45) is 21.3. The van der Waals surface area contributed by atoms with Crippen LogP contribution >= 0.6 is 0 Å². The van der Waals surface area contributed by atoms with Gasteiger partial charge in [-0.2, -0.15) is 0 Å². The molecular weight excluding hydrogens is 300 g/mol. The molecule has 0 aromatic heterocycles. The van der Waals surface area contributed by atoms with Gasteiger partial charge in [-0.25, -0.2) is 4.79 Å². The zero-order chi connectivity index (χ0) is 17.9. The van der Waals surface area contributed by atoms with Crippen molar-refractivity contribution >= 4 is 11.8 Å². The molecule has 0 aliphatic rings. The van der Waals surface area contributed by atoms with E-state index >= 15 is 0 Å². The number of rotatable bonds is 18. The summed E-state index contributed by atoms with van der Waals surface area (Å²) in [4.78, 5) is 22.2. The van der Waals surface area contributed by atoms with E-state index in [1.165, 1.54) is 97.0 Å². The van der Waals surface area contributed by atoms with Gasteiger partial charge in [0, 0.05) is 6.42 Å². The van der Waals surface area contributed by atoms with Crippen LogP contribution in [0.5, 0.6) is 0 Å². The molecule has 0 amide bonds. The first kappa shape index (κ1) is 23.1. The van der Waals surface area contributed by atoms with Crippen molar-refractivity contribution in [2.24, 2.45) is 0 Å². The van der Waals surface area contributed by atoms with E-state index in [1.807, 2.05) is 0 Å². The SMILES string of the molecule is CCCCCCCCCCCCCCCCCCC(=O)C(=O)OC. The lowest BCUT2D eigenvalue weighted by Crippen LogP contribution is -2.14. The molecule has 3 heteroatoms.